The van der Waals surface area contributed by atoms with Crippen LogP contribution < -0.4 is 48.3 Å². The maximum atomic E-state index is 14.7. The van der Waals surface area contributed by atoms with E-state index in [4.69, 9.17) is 11.1 Å². The van der Waals surface area contributed by atoms with Crippen LogP contribution in [0, 0.1) is 5.41 Å². The second-order valence-electron chi connectivity index (χ2n) is 17.4. The summed E-state index contributed by atoms with van der Waals surface area (Å²) in [6, 6.07) is 8.03. The molecule has 2 fully saturated rings. The summed E-state index contributed by atoms with van der Waals surface area (Å²) in [5, 5.41) is 30.2. The highest BCUT2D eigenvalue weighted by atomic mass is 16.2. The number of guanidine groups is 1. The van der Waals surface area contributed by atoms with Gasteiger partial charge in [0.15, 0.2) is 5.96 Å². The Balaban J connectivity index is 1.40. The number of nitrogens with one attached hydrogen (secondary N) is 11. The summed E-state index contributed by atoms with van der Waals surface area (Å²) < 4.78 is 0. The molecule has 2 saturated heterocycles. The number of hydrogen-bond donors (Lipinski definition) is 12. The number of H-pyrrole nitrogens is 2. The number of para-hydroxylation sites is 1. The van der Waals surface area contributed by atoms with Crippen molar-refractivity contribution in [2.45, 2.75) is 114 Å². The Hall–Kier alpha value is -7.78. The van der Waals surface area contributed by atoms with Gasteiger partial charge >= 0.3 is 0 Å². The fourth-order valence-electron chi connectivity index (χ4n) is 8.56. The highest BCUT2D eigenvalue weighted by Gasteiger charge is 2.37. The van der Waals surface area contributed by atoms with Gasteiger partial charge in [-0.3, -0.25) is 43.8 Å². The van der Waals surface area contributed by atoms with Crippen LogP contribution in [0.3, 0.4) is 0 Å². The van der Waals surface area contributed by atoms with E-state index in [9.17, 15) is 38.4 Å². The number of amides is 8. The van der Waals surface area contributed by atoms with Gasteiger partial charge < -0.3 is 63.1 Å². The highest BCUT2D eigenvalue weighted by Crippen LogP contribution is 2.21. The highest BCUT2D eigenvalue weighted by molar-refractivity contribution is 5.98. The Morgan fingerprint density at radius 1 is 0.797 bits per heavy atom. The normalized spacial score (nSPS) is 23.6. The first kappa shape index (κ1) is 50.6. The van der Waals surface area contributed by atoms with Crippen molar-refractivity contribution in [3.05, 3.63) is 90.1 Å². The number of benzene rings is 2. The van der Waals surface area contributed by atoms with Gasteiger partial charge in [0, 0.05) is 75.2 Å². The summed E-state index contributed by atoms with van der Waals surface area (Å²) in [6.45, 7) is 3.47. The van der Waals surface area contributed by atoms with E-state index in [1.54, 1.807) is 41.4 Å². The number of hydrogen-bond acceptors (Lipinski definition) is 10. The molecule has 6 rings (SSSR count). The zero-order valence-corrected chi connectivity index (χ0v) is 38.7. The maximum absolute atomic E-state index is 14.7. The second kappa shape index (κ2) is 24.3. The quantitative estimate of drug-likeness (QED) is 0.0466. The van der Waals surface area contributed by atoms with Crippen LogP contribution in [0.5, 0.6) is 0 Å². The largest absolute Gasteiger partial charge is 0.370 e. The Morgan fingerprint density at radius 2 is 1.45 bits per heavy atom. The summed E-state index contributed by atoms with van der Waals surface area (Å²) in [5.74, 6) is -5.90. The predicted molar refractivity (Wildman–Crippen MR) is 254 cm³/mol. The van der Waals surface area contributed by atoms with Gasteiger partial charge in [-0.25, -0.2) is 4.98 Å². The number of nitrogens with zero attached hydrogens (tertiary/aromatic N) is 2. The van der Waals surface area contributed by atoms with Gasteiger partial charge in [0.25, 0.3) is 0 Å². The van der Waals surface area contributed by atoms with Crippen LogP contribution in [-0.4, -0.2) is 135 Å². The molecule has 13 N–H and O–H groups in total. The lowest BCUT2D eigenvalue weighted by Gasteiger charge is -2.29. The number of carbonyl (C=O) groups excluding carboxylic acids is 8. The molecule has 8 amide bonds. The van der Waals surface area contributed by atoms with Crippen molar-refractivity contribution in [3.63, 3.8) is 0 Å². The maximum Gasteiger partial charge on any atom is 0.245 e. The molecule has 2 aliphatic heterocycles. The lowest BCUT2D eigenvalue weighted by Crippen LogP contribution is -2.60. The first-order valence-corrected chi connectivity index (χ1v) is 23.2. The molecule has 22 heteroatoms. The van der Waals surface area contributed by atoms with E-state index < -0.39 is 89.9 Å². The van der Waals surface area contributed by atoms with Crippen LogP contribution in [-0.2, 0) is 57.6 Å². The van der Waals surface area contributed by atoms with Crippen LogP contribution in [0.1, 0.15) is 69.2 Å². The van der Waals surface area contributed by atoms with Gasteiger partial charge in [0.1, 0.15) is 36.3 Å². The average molecular weight is 951 g/mol. The van der Waals surface area contributed by atoms with Crippen molar-refractivity contribution in [1.82, 2.24) is 62.4 Å². The molecular formula is C47H62N14O8. The molecule has 7 atom stereocenters. The standard InChI is InChI=1S/C47H62N14O8/c1-27-10-9-19-61(27)46(69)39-23-40(63)51-18-16-35(55-28(2)62)42(65)59-38(22-31-25-50-26-54-31)45(68)57-36(20-29-11-4-3-5-12-29)43(66)56-34(15-8-17-52-47(48)49)41(64)58-37(44(67)60-39)21-30-24-53-33-14-7-6-13-32(30)33/h3-7,11-14,24-27,34-39,53H,8-10,15-23H2,1-2H3,(H,50,54)(H,51,63)(H,55,62)(H,56,66)(H,57,68)(H,58,64)(H,59,65)(H,60,67)(H4,48,49,52)/t27-,34+,35+,36-,37+,38+,39+/m1/s1. The van der Waals surface area contributed by atoms with Crippen LogP contribution >= 0.6 is 0 Å². The van der Waals surface area contributed by atoms with E-state index in [0.717, 1.165) is 23.7 Å². The molecule has 4 heterocycles. The first-order chi connectivity index (χ1) is 33.1. The lowest BCUT2D eigenvalue weighted by molar-refractivity contribution is -0.140. The first-order valence-electron chi connectivity index (χ1n) is 23.2. The molecule has 0 spiro atoms. The van der Waals surface area contributed by atoms with Crippen molar-refractivity contribution in [3.8, 4) is 0 Å². The average Bonchev–Trinajstić information content (AvgIpc) is 4.10. The number of carbonyl (C=O) groups is 8. The summed E-state index contributed by atoms with van der Waals surface area (Å²) >= 11 is 0. The predicted octanol–water partition coefficient (Wildman–Crippen LogP) is -0.968. The van der Waals surface area contributed by atoms with Crippen molar-refractivity contribution in [1.29, 1.82) is 5.41 Å². The van der Waals surface area contributed by atoms with E-state index in [0.29, 0.717) is 23.4 Å². The number of fused-ring (bicyclic) bond motifs is 1. The van der Waals surface area contributed by atoms with Crippen molar-refractivity contribution >= 4 is 64.1 Å². The molecule has 2 aromatic heterocycles. The number of nitrogens with two attached hydrogens (primary N) is 1. The minimum absolute atomic E-state index is 0.0260. The summed E-state index contributed by atoms with van der Waals surface area (Å²) in [4.78, 5) is 124. The SMILES string of the molecule is CC(=O)N[C@H]1CCNC(=O)C[C@@H](C(=O)N2CCC[C@H]2C)NC(=O)[C@H](Cc2c[nH]c3ccccc23)NC(=O)[C@H](CCCNC(=N)N)NC(=O)[C@@H](Cc2ccccc2)NC(=O)[C@H](Cc2c[nH]cn2)NC1=O. The van der Waals surface area contributed by atoms with Gasteiger partial charge in [-0.1, -0.05) is 48.5 Å². The van der Waals surface area contributed by atoms with E-state index >= 15 is 0 Å². The molecule has 0 bridgehead atoms. The van der Waals surface area contributed by atoms with E-state index in [2.05, 4.69) is 57.5 Å². The Labute approximate surface area is 398 Å². The smallest absolute Gasteiger partial charge is 0.245 e. The van der Waals surface area contributed by atoms with Crippen LogP contribution in [0.2, 0.25) is 0 Å². The van der Waals surface area contributed by atoms with Crippen LogP contribution in [0.15, 0.2) is 73.3 Å². The van der Waals surface area contributed by atoms with Crippen LogP contribution in [0.25, 0.3) is 10.9 Å². The van der Waals surface area contributed by atoms with Crippen molar-refractivity contribution in [2.75, 3.05) is 19.6 Å². The zero-order valence-electron chi connectivity index (χ0n) is 38.7. The number of aromatic amines is 2. The Morgan fingerprint density at radius 3 is 2.13 bits per heavy atom. The monoisotopic (exact) mass is 950 g/mol. The minimum Gasteiger partial charge on any atom is -0.370 e. The third-order valence-corrected chi connectivity index (χ3v) is 12.2. The second-order valence-corrected chi connectivity index (χ2v) is 17.4. The van der Waals surface area contributed by atoms with E-state index in [1.807, 2.05) is 31.2 Å². The number of likely N-dealkylation sites (tertiary alicyclic amines) is 1. The molecule has 368 valence electrons. The number of rotatable bonds is 12. The number of aromatic nitrogens is 3. The Bertz CT molecular complexity index is 2460. The van der Waals surface area contributed by atoms with Crippen LogP contribution in [0.4, 0.5) is 0 Å². The molecule has 4 aromatic rings. The van der Waals surface area contributed by atoms with Gasteiger partial charge in [-0.2, -0.15) is 0 Å². The molecule has 0 aliphatic carbocycles. The molecular weight excluding hydrogens is 889 g/mol. The molecule has 0 unspecified atom stereocenters. The van der Waals surface area contributed by atoms with Gasteiger partial charge in [0.2, 0.25) is 47.3 Å². The molecule has 2 aliphatic rings. The fraction of sp³-hybridized carbons (Fsp3) is 0.447. The molecule has 22 nitrogen and oxygen atoms in total. The summed E-state index contributed by atoms with van der Waals surface area (Å²) in [7, 11) is 0. The lowest BCUT2D eigenvalue weighted by atomic mass is 10.0. The van der Waals surface area contributed by atoms with Crippen molar-refractivity contribution in [2.24, 2.45) is 5.73 Å². The third kappa shape index (κ3) is 14.6. The fourth-order valence-corrected chi connectivity index (χ4v) is 8.56. The van der Waals surface area contributed by atoms with Crippen molar-refractivity contribution < 1.29 is 38.4 Å². The molecule has 69 heavy (non-hydrogen) atoms. The summed E-state index contributed by atoms with van der Waals surface area (Å²) in [6.07, 6.45) is 5.36. The zero-order chi connectivity index (χ0) is 49.5. The topological polar surface area (TPSA) is 330 Å². The third-order valence-electron chi connectivity index (χ3n) is 12.2. The van der Waals surface area contributed by atoms with E-state index in [-0.39, 0.29) is 63.6 Å². The molecule has 0 radical (unpaired) electrons. The molecule has 2 aromatic carbocycles. The Kier molecular flexibility index (Phi) is 17.8. The van der Waals surface area contributed by atoms with Gasteiger partial charge in [-0.15, -0.1) is 0 Å². The van der Waals surface area contributed by atoms with Gasteiger partial charge in [-0.05, 0) is 56.2 Å². The van der Waals surface area contributed by atoms with E-state index in [1.165, 1.54) is 19.4 Å². The molecule has 0 saturated carbocycles. The summed E-state index contributed by atoms with van der Waals surface area (Å²) in [5.41, 5.74) is 8.00. The number of imidazole rings is 1. The van der Waals surface area contributed by atoms with Gasteiger partial charge in [0.05, 0.1) is 18.4 Å². The minimum atomic E-state index is -1.38.